The molecule has 1 unspecified atom stereocenters. The molecule has 0 saturated heterocycles. The monoisotopic (exact) mass is 1060 g/mol. The van der Waals surface area contributed by atoms with Gasteiger partial charge in [-0.1, -0.05) is 263 Å². The van der Waals surface area contributed by atoms with Crippen LogP contribution < -0.4 is 0 Å². The zero-order chi connectivity index (χ0) is 55.7. The molecule has 0 aliphatic heterocycles. The second kappa shape index (κ2) is 63.8. The number of hydrogen-bond acceptors (Lipinski definition) is 6. The van der Waals surface area contributed by atoms with Crippen molar-refractivity contribution >= 4 is 17.9 Å². The second-order valence-corrected chi connectivity index (χ2v) is 20.2. The van der Waals surface area contributed by atoms with Gasteiger partial charge in [0, 0.05) is 19.3 Å². The van der Waals surface area contributed by atoms with Crippen molar-refractivity contribution in [2.45, 2.75) is 271 Å². The maximum Gasteiger partial charge on any atom is 0.306 e. The number of carbonyl (C=O) groups is 3. The Kier molecular flexibility index (Phi) is 59.9. The molecule has 0 bridgehead atoms. The predicted molar refractivity (Wildman–Crippen MR) is 334 cm³/mol. The lowest BCUT2D eigenvalue weighted by Gasteiger charge is -2.18. The zero-order valence-corrected chi connectivity index (χ0v) is 49.7. The fourth-order valence-corrected chi connectivity index (χ4v) is 8.15. The van der Waals surface area contributed by atoms with E-state index in [1.165, 1.54) is 89.9 Å². The van der Waals surface area contributed by atoms with Crippen molar-refractivity contribution in [2.24, 2.45) is 0 Å². The predicted octanol–water partition coefficient (Wildman–Crippen LogP) is 21.5. The number of ether oxygens (including phenoxy) is 3. The van der Waals surface area contributed by atoms with Gasteiger partial charge in [0.1, 0.15) is 13.2 Å². The van der Waals surface area contributed by atoms with E-state index in [-0.39, 0.29) is 31.1 Å². The first-order valence-corrected chi connectivity index (χ1v) is 31.3. The molecular formula is C71H114O6. The van der Waals surface area contributed by atoms with Gasteiger partial charge in [-0.05, 0) is 128 Å². The van der Waals surface area contributed by atoms with Crippen molar-refractivity contribution < 1.29 is 28.6 Å². The number of carbonyl (C=O) groups excluding carboxylic acids is 3. The summed E-state index contributed by atoms with van der Waals surface area (Å²) in [7, 11) is 0. The Balaban J connectivity index is 4.32. The van der Waals surface area contributed by atoms with Crippen molar-refractivity contribution in [2.75, 3.05) is 13.2 Å². The van der Waals surface area contributed by atoms with Gasteiger partial charge in [-0.3, -0.25) is 14.4 Å². The Morgan fingerprint density at radius 3 is 0.844 bits per heavy atom. The molecule has 0 aromatic heterocycles. The molecule has 0 aromatic carbocycles. The molecule has 0 rings (SSSR count). The molecule has 0 aliphatic rings. The Hall–Kier alpha value is -4.71. The molecule has 0 amide bonds. The minimum atomic E-state index is -0.803. The molecule has 0 aromatic rings. The molecule has 77 heavy (non-hydrogen) atoms. The topological polar surface area (TPSA) is 78.9 Å². The van der Waals surface area contributed by atoms with Gasteiger partial charge in [0.15, 0.2) is 6.10 Å². The van der Waals surface area contributed by atoms with E-state index in [0.717, 1.165) is 128 Å². The summed E-state index contributed by atoms with van der Waals surface area (Å²) >= 11 is 0. The van der Waals surface area contributed by atoms with Crippen molar-refractivity contribution in [3.05, 3.63) is 146 Å². The van der Waals surface area contributed by atoms with Crippen molar-refractivity contribution in [3.8, 4) is 0 Å². The molecule has 0 heterocycles. The average molecular weight is 1060 g/mol. The van der Waals surface area contributed by atoms with Gasteiger partial charge in [0.2, 0.25) is 0 Å². The summed E-state index contributed by atoms with van der Waals surface area (Å²) < 4.78 is 16.8. The molecular weight excluding hydrogens is 949 g/mol. The Labute approximate surface area is 474 Å². The summed E-state index contributed by atoms with van der Waals surface area (Å²) in [5.74, 6) is -0.957. The van der Waals surface area contributed by atoms with Crippen LogP contribution in [0, 0.1) is 0 Å². The summed E-state index contributed by atoms with van der Waals surface area (Å²) in [6, 6.07) is 0. The number of esters is 3. The summed E-state index contributed by atoms with van der Waals surface area (Å²) in [5, 5.41) is 0. The first-order valence-electron chi connectivity index (χ1n) is 31.3. The molecule has 6 nitrogen and oxygen atoms in total. The van der Waals surface area contributed by atoms with Crippen molar-refractivity contribution in [1.82, 2.24) is 0 Å². The number of allylic oxidation sites excluding steroid dienone is 24. The Morgan fingerprint density at radius 2 is 0.506 bits per heavy atom. The second-order valence-electron chi connectivity index (χ2n) is 20.2. The lowest BCUT2D eigenvalue weighted by molar-refractivity contribution is -0.167. The summed E-state index contributed by atoms with van der Waals surface area (Å²) in [5.41, 5.74) is 0. The van der Waals surface area contributed by atoms with Crippen LogP contribution in [0.3, 0.4) is 0 Å². The molecule has 0 radical (unpaired) electrons. The van der Waals surface area contributed by atoms with Gasteiger partial charge in [-0.25, -0.2) is 0 Å². The summed E-state index contributed by atoms with van der Waals surface area (Å²) in [6.07, 6.45) is 91.5. The zero-order valence-electron chi connectivity index (χ0n) is 49.7. The number of hydrogen-bond donors (Lipinski definition) is 0. The molecule has 0 spiro atoms. The smallest absolute Gasteiger partial charge is 0.306 e. The van der Waals surface area contributed by atoms with Crippen LogP contribution in [0.4, 0.5) is 0 Å². The van der Waals surface area contributed by atoms with E-state index in [0.29, 0.717) is 25.7 Å². The molecule has 6 heteroatoms. The minimum Gasteiger partial charge on any atom is -0.462 e. The van der Waals surface area contributed by atoms with E-state index < -0.39 is 6.10 Å². The van der Waals surface area contributed by atoms with E-state index in [1.54, 1.807) is 0 Å². The van der Waals surface area contributed by atoms with Crippen LogP contribution in [0.2, 0.25) is 0 Å². The van der Waals surface area contributed by atoms with E-state index in [1.807, 2.05) is 0 Å². The maximum atomic E-state index is 12.8. The van der Waals surface area contributed by atoms with Gasteiger partial charge < -0.3 is 14.2 Å². The lowest BCUT2D eigenvalue weighted by atomic mass is 10.1. The molecule has 434 valence electrons. The first-order chi connectivity index (χ1) is 38.0. The van der Waals surface area contributed by atoms with E-state index in [4.69, 9.17) is 14.2 Å². The highest BCUT2D eigenvalue weighted by Crippen LogP contribution is 2.14. The quantitative estimate of drug-likeness (QED) is 0.0261. The molecule has 0 fully saturated rings. The fraction of sp³-hybridized carbons (Fsp3) is 0.620. The van der Waals surface area contributed by atoms with Crippen LogP contribution in [-0.2, 0) is 28.6 Å². The summed E-state index contributed by atoms with van der Waals surface area (Å²) in [4.78, 5) is 38.1. The number of rotatable bonds is 55. The Bertz CT molecular complexity index is 1700. The van der Waals surface area contributed by atoms with Crippen LogP contribution >= 0.6 is 0 Å². The Morgan fingerprint density at radius 1 is 0.273 bits per heavy atom. The van der Waals surface area contributed by atoms with Gasteiger partial charge in [0.25, 0.3) is 0 Å². The molecule has 0 aliphatic carbocycles. The fourth-order valence-electron chi connectivity index (χ4n) is 8.15. The van der Waals surface area contributed by atoms with Gasteiger partial charge in [-0.2, -0.15) is 0 Å². The van der Waals surface area contributed by atoms with Crippen molar-refractivity contribution in [3.63, 3.8) is 0 Å². The summed E-state index contributed by atoms with van der Waals surface area (Å²) in [6.45, 7) is 6.43. The van der Waals surface area contributed by atoms with E-state index in [9.17, 15) is 14.4 Å². The molecule has 0 saturated carbocycles. The largest absolute Gasteiger partial charge is 0.462 e. The third-order valence-corrected chi connectivity index (χ3v) is 12.8. The minimum absolute atomic E-state index is 0.0978. The first kappa shape index (κ1) is 72.3. The SMILES string of the molecule is CC/C=C\C/C=C\C/C=C\C/C=C\C/C=C\C/C=C\C/C=C\C/C=C\C/C=C\C/C=C\CCCCC(=O)OCC(COC(=O)CCCCCCCCCCC)OC(=O)CCCCCCCCC/C=C\C/C=C\CCCCC. The normalized spacial score (nSPS) is 13.1. The third kappa shape index (κ3) is 62.0. The lowest BCUT2D eigenvalue weighted by Crippen LogP contribution is -2.30. The van der Waals surface area contributed by atoms with E-state index >= 15 is 0 Å². The highest BCUT2D eigenvalue weighted by atomic mass is 16.6. The van der Waals surface area contributed by atoms with Gasteiger partial charge >= 0.3 is 17.9 Å². The van der Waals surface area contributed by atoms with Crippen LogP contribution in [0.1, 0.15) is 265 Å². The average Bonchev–Trinajstić information content (AvgIpc) is 3.43. The third-order valence-electron chi connectivity index (χ3n) is 12.8. The van der Waals surface area contributed by atoms with Crippen molar-refractivity contribution in [1.29, 1.82) is 0 Å². The van der Waals surface area contributed by atoms with E-state index in [2.05, 4.69) is 167 Å². The van der Waals surface area contributed by atoms with Crippen LogP contribution in [-0.4, -0.2) is 37.2 Å². The van der Waals surface area contributed by atoms with Gasteiger partial charge in [-0.15, -0.1) is 0 Å². The van der Waals surface area contributed by atoms with Crippen LogP contribution in [0.15, 0.2) is 146 Å². The number of unbranched alkanes of at least 4 members (excludes halogenated alkanes) is 20. The maximum absolute atomic E-state index is 12.8. The van der Waals surface area contributed by atoms with Crippen LogP contribution in [0.5, 0.6) is 0 Å². The highest BCUT2D eigenvalue weighted by Gasteiger charge is 2.19. The standard InChI is InChI=1S/C71H114O6/c1-4-7-10-13-16-19-21-23-25-27-28-29-30-31-32-33-34-35-36-37-38-39-40-41-42-44-45-47-49-52-55-58-61-64-70(73)76-67-68(66-75-69(72)63-60-57-54-51-18-15-12-9-6-3)77-71(74)65-62-59-56-53-50-48-46-43-26-24-22-20-17-14-11-8-5-2/h7,10,16-17,19-20,23-26,28-29,31-32,34-35,37-38,40-41,44-45,49,52,68H,4-6,8-9,11-15,18,21-22,27,30,33,36,39,42-43,46-48,50-51,53-67H2,1-3H3/b10-7-,19-16-,20-17-,25-23-,26-24-,29-28-,32-31-,35-34-,38-37-,41-40-,45-44-,52-49-. The van der Waals surface area contributed by atoms with Crippen LogP contribution in [0.25, 0.3) is 0 Å². The van der Waals surface area contributed by atoms with Gasteiger partial charge in [0.05, 0.1) is 0 Å². The molecule has 0 N–H and O–H groups in total. The highest BCUT2D eigenvalue weighted by molar-refractivity contribution is 5.71. The molecule has 1 atom stereocenters.